The van der Waals surface area contributed by atoms with Gasteiger partial charge in [-0.1, -0.05) is 18.6 Å². The Labute approximate surface area is 178 Å². The second-order valence-corrected chi connectivity index (χ2v) is 8.17. The lowest BCUT2D eigenvalue weighted by Crippen LogP contribution is -2.34. The van der Waals surface area contributed by atoms with E-state index in [1.807, 2.05) is 48.5 Å². The Morgan fingerprint density at radius 2 is 1.57 bits per heavy atom. The van der Waals surface area contributed by atoms with Gasteiger partial charge in [0.25, 0.3) is 0 Å². The van der Waals surface area contributed by atoms with Crippen molar-refractivity contribution >= 4 is 5.78 Å². The largest absolute Gasteiger partial charge is 0.497 e. The molecule has 0 amide bonds. The second kappa shape index (κ2) is 9.19. The number of ketones is 1. The highest BCUT2D eigenvalue weighted by Gasteiger charge is 2.45. The molecule has 1 aliphatic heterocycles. The molecule has 0 unspecified atom stereocenters. The SMILES string of the molecule is COc1ccc(C(=O)C[C@@H](c2ccc(OC)cc2)[C@H]2COC3(CCCCC3)O2)cc1. The van der Waals surface area contributed by atoms with Crippen molar-refractivity contribution in [3.05, 3.63) is 59.7 Å². The summed E-state index contributed by atoms with van der Waals surface area (Å²) in [5.74, 6) is 1.09. The molecule has 0 radical (unpaired) electrons. The molecule has 2 aromatic carbocycles. The molecule has 2 aromatic rings. The van der Waals surface area contributed by atoms with Crippen molar-refractivity contribution in [2.75, 3.05) is 20.8 Å². The number of Topliss-reactive ketones (excluding diaryl/α,β-unsaturated/α-hetero) is 1. The maximum absolute atomic E-state index is 13.1. The number of carbonyl (C=O) groups is 1. The molecule has 1 saturated heterocycles. The van der Waals surface area contributed by atoms with Gasteiger partial charge in [0.05, 0.1) is 26.9 Å². The van der Waals surface area contributed by atoms with Crippen LogP contribution in [0, 0.1) is 0 Å². The van der Waals surface area contributed by atoms with E-state index in [1.54, 1.807) is 14.2 Å². The van der Waals surface area contributed by atoms with Gasteiger partial charge in [0, 0.05) is 30.7 Å². The zero-order valence-electron chi connectivity index (χ0n) is 17.8. The fourth-order valence-electron chi connectivity index (χ4n) is 4.54. The average Bonchev–Trinajstić information content (AvgIpc) is 3.20. The molecule has 0 aromatic heterocycles. The standard InChI is InChI=1S/C25H30O5/c1-27-20-10-6-18(7-11-20)22(16-23(26)19-8-12-21(28-2)13-9-19)24-17-29-25(30-24)14-4-3-5-15-25/h6-13,22,24H,3-5,14-17H2,1-2H3/t22-,24+/m0/s1. The van der Waals surface area contributed by atoms with Crippen LogP contribution in [0.25, 0.3) is 0 Å². The third-order valence-corrected chi connectivity index (χ3v) is 6.30. The fourth-order valence-corrected chi connectivity index (χ4v) is 4.54. The first-order valence-electron chi connectivity index (χ1n) is 10.8. The number of carbonyl (C=O) groups excluding carboxylic acids is 1. The first-order chi connectivity index (χ1) is 14.6. The molecule has 4 rings (SSSR count). The first kappa shape index (κ1) is 20.9. The van der Waals surface area contributed by atoms with Crippen molar-refractivity contribution in [1.29, 1.82) is 0 Å². The molecule has 30 heavy (non-hydrogen) atoms. The van der Waals surface area contributed by atoms with Crippen LogP contribution in [0.15, 0.2) is 48.5 Å². The summed E-state index contributed by atoms with van der Waals surface area (Å²) in [5.41, 5.74) is 1.75. The van der Waals surface area contributed by atoms with Crippen LogP contribution in [-0.2, 0) is 9.47 Å². The van der Waals surface area contributed by atoms with Crippen molar-refractivity contribution in [2.24, 2.45) is 0 Å². The minimum Gasteiger partial charge on any atom is -0.497 e. The molecule has 5 nitrogen and oxygen atoms in total. The Morgan fingerprint density at radius 3 is 2.17 bits per heavy atom. The lowest BCUT2D eigenvalue weighted by molar-refractivity contribution is -0.188. The van der Waals surface area contributed by atoms with Gasteiger partial charge in [0.15, 0.2) is 11.6 Å². The van der Waals surface area contributed by atoms with Crippen molar-refractivity contribution in [1.82, 2.24) is 0 Å². The normalized spacial score (nSPS) is 21.3. The van der Waals surface area contributed by atoms with E-state index in [9.17, 15) is 4.79 Å². The highest BCUT2D eigenvalue weighted by molar-refractivity contribution is 5.96. The summed E-state index contributed by atoms with van der Waals surface area (Å²) in [5, 5.41) is 0. The van der Waals surface area contributed by atoms with E-state index in [4.69, 9.17) is 18.9 Å². The summed E-state index contributed by atoms with van der Waals surface area (Å²) in [7, 11) is 3.27. The molecule has 1 saturated carbocycles. The van der Waals surface area contributed by atoms with Gasteiger partial charge in [-0.15, -0.1) is 0 Å². The van der Waals surface area contributed by atoms with Gasteiger partial charge in [-0.25, -0.2) is 0 Å². The zero-order valence-corrected chi connectivity index (χ0v) is 17.8. The van der Waals surface area contributed by atoms with Crippen LogP contribution in [0.2, 0.25) is 0 Å². The topological polar surface area (TPSA) is 54.0 Å². The Morgan fingerprint density at radius 1 is 0.967 bits per heavy atom. The molecule has 0 bridgehead atoms. The Hall–Kier alpha value is -2.37. The van der Waals surface area contributed by atoms with E-state index in [0.717, 1.165) is 42.7 Å². The monoisotopic (exact) mass is 410 g/mol. The van der Waals surface area contributed by atoms with E-state index >= 15 is 0 Å². The number of ether oxygens (including phenoxy) is 4. The lowest BCUT2D eigenvalue weighted by Gasteiger charge is -2.33. The van der Waals surface area contributed by atoms with Crippen molar-refractivity contribution in [3.8, 4) is 11.5 Å². The Balaban J connectivity index is 1.55. The van der Waals surface area contributed by atoms with E-state index in [2.05, 4.69) is 0 Å². The maximum Gasteiger partial charge on any atom is 0.168 e. The van der Waals surface area contributed by atoms with Crippen molar-refractivity contribution in [3.63, 3.8) is 0 Å². The third-order valence-electron chi connectivity index (χ3n) is 6.30. The number of methoxy groups -OCH3 is 2. The molecular formula is C25H30O5. The Bertz CT molecular complexity index is 837. The summed E-state index contributed by atoms with van der Waals surface area (Å²) in [4.78, 5) is 13.1. The van der Waals surface area contributed by atoms with Gasteiger partial charge in [-0.05, 0) is 54.8 Å². The quantitative estimate of drug-likeness (QED) is 0.592. The van der Waals surface area contributed by atoms with Crippen LogP contribution in [0.3, 0.4) is 0 Å². The van der Waals surface area contributed by atoms with Gasteiger partial charge >= 0.3 is 0 Å². The molecule has 160 valence electrons. The fraction of sp³-hybridized carbons (Fsp3) is 0.480. The smallest absolute Gasteiger partial charge is 0.168 e. The van der Waals surface area contributed by atoms with Gasteiger partial charge in [-0.3, -0.25) is 4.79 Å². The van der Waals surface area contributed by atoms with Crippen LogP contribution in [0.4, 0.5) is 0 Å². The molecule has 2 fully saturated rings. The van der Waals surface area contributed by atoms with E-state index in [0.29, 0.717) is 18.6 Å². The molecule has 1 spiro atoms. The molecular weight excluding hydrogens is 380 g/mol. The summed E-state index contributed by atoms with van der Waals surface area (Å²) in [6.45, 7) is 0.520. The van der Waals surface area contributed by atoms with Gasteiger partial charge < -0.3 is 18.9 Å². The maximum atomic E-state index is 13.1. The minimum absolute atomic E-state index is 0.0770. The van der Waals surface area contributed by atoms with E-state index in [-0.39, 0.29) is 17.8 Å². The predicted octanol–water partition coefficient (Wildman–Crippen LogP) is 5.14. The number of hydrogen-bond acceptors (Lipinski definition) is 5. The van der Waals surface area contributed by atoms with Gasteiger partial charge in [-0.2, -0.15) is 0 Å². The summed E-state index contributed by atoms with van der Waals surface area (Å²) in [6.07, 6.45) is 5.59. The van der Waals surface area contributed by atoms with Crippen molar-refractivity contribution < 1.29 is 23.7 Å². The van der Waals surface area contributed by atoms with Crippen LogP contribution in [0.1, 0.15) is 60.4 Å². The summed E-state index contributed by atoms with van der Waals surface area (Å²) >= 11 is 0. The third kappa shape index (κ3) is 4.52. The molecule has 5 heteroatoms. The number of hydrogen-bond donors (Lipinski definition) is 0. The summed E-state index contributed by atoms with van der Waals surface area (Å²) in [6, 6.07) is 15.2. The van der Waals surface area contributed by atoms with Crippen molar-refractivity contribution in [2.45, 2.75) is 56.3 Å². The van der Waals surface area contributed by atoms with E-state index < -0.39 is 5.79 Å². The average molecular weight is 411 g/mol. The lowest BCUT2D eigenvalue weighted by atomic mass is 9.87. The van der Waals surface area contributed by atoms with Crippen LogP contribution < -0.4 is 9.47 Å². The highest BCUT2D eigenvalue weighted by Crippen LogP contribution is 2.42. The van der Waals surface area contributed by atoms with Gasteiger partial charge in [0.1, 0.15) is 11.5 Å². The van der Waals surface area contributed by atoms with E-state index in [1.165, 1.54) is 6.42 Å². The summed E-state index contributed by atoms with van der Waals surface area (Å²) < 4.78 is 23.2. The molecule has 0 N–H and O–H groups in total. The number of rotatable bonds is 7. The molecule has 2 aliphatic rings. The minimum atomic E-state index is -0.462. The molecule has 1 aliphatic carbocycles. The Kier molecular flexibility index (Phi) is 6.40. The van der Waals surface area contributed by atoms with Crippen LogP contribution in [0.5, 0.6) is 11.5 Å². The van der Waals surface area contributed by atoms with Crippen LogP contribution >= 0.6 is 0 Å². The second-order valence-electron chi connectivity index (χ2n) is 8.17. The van der Waals surface area contributed by atoms with Gasteiger partial charge in [0.2, 0.25) is 0 Å². The van der Waals surface area contributed by atoms with Crippen LogP contribution in [-0.4, -0.2) is 38.5 Å². The zero-order chi connectivity index (χ0) is 21.0. The highest BCUT2D eigenvalue weighted by atomic mass is 16.7. The predicted molar refractivity (Wildman–Crippen MR) is 114 cm³/mol. The first-order valence-corrected chi connectivity index (χ1v) is 10.8. The molecule has 2 atom stereocenters. The number of benzene rings is 2. The molecule has 1 heterocycles.